The van der Waals surface area contributed by atoms with E-state index >= 15 is 0 Å². The van der Waals surface area contributed by atoms with Crippen LogP contribution < -0.4 is 10.6 Å². The quantitative estimate of drug-likeness (QED) is 0.429. The van der Waals surface area contributed by atoms with E-state index in [0.717, 1.165) is 24.3 Å². The van der Waals surface area contributed by atoms with Crippen LogP contribution in [-0.4, -0.2) is 15.9 Å². The molecule has 0 spiro atoms. The summed E-state index contributed by atoms with van der Waals surface area (Å²) >= 11 is 10.7. The molecule has 2 aromatic carbocycles. The van der Waals surface area contributed by atoms with Crippen molar-refractivity contribution in [3.8, 4) is 0 Å². The van der Waals surface area contributed by atoms with E-state index in [2.05, 4.69) is 10.6 Å². The number of amides is 1. The molecule has 0 saturated carbocycles. The predicted octanol–water partition coefficient (Wildman–Crippen LogP) is 4.70. The van der Waals surface area contributed by atoms with Crippen LogP contribution in [0.1, 0.15) is 21.5 Å². The van der Waals surface area contributed by atoms with Crippen molar-refractivity contribution >= 4 is 46.2 Å². The van der Waals surface area contributed by atoms with Crippen LogP contribution in [0.15, 0.2) is 36.4 Å². The number of nitro groups is 1. The van der Waals surface area contributed by atoms with Gasteiger partial charge in [0.25, 0.3) is 11.6 Å². The number of thiocarbonyl (C=S) groups is 1. The number of hydrogen-bond donors (Lipinski definition) is 2. The van der Waals surface area contributed by atoms with Gasteiger partial charge in [-0.15, -0.1) is 0 Å². The molecule has 0 unspecified atom stereocenters. The lowest BCUT2D eigenvalue weighted by atomic mass is 10.1. The van der Waals surface area contributed by atoms with Crippen molar-refractivity contribution in [2.45, 2.75) is 13.1 Å². The highest BCUT2D eigenvalue weighted by Gasteiger charge is 2.31. The van der Waals surface area contributed by atoms with Gasteiger partial charge in [-0.25, -0.2) is 0 Å². The SMILES string of the molecule is Cc1ccc(C(=O)NC(=S)Nc2ccc(C(F)(F)F)cc2Cl)cc1[N+](=O)[O-]. The summed E-state index contributed by atoms with van der Waals surface area (Å²) in [5.74, 6) is -0.723. The van der Waals surface area contributed by atoms with Crippen molar-refractivity contribution in [3.63, 3.8) is 0 Å². The molecule has 11 heteroatoms. The Bertz CT molecular complexity index is 935. The van der Waals surface area contributed by atoms with Gasteiger partial charge in [-0.3, -0.25) is 20.2 Å². The van der Waals surface area contributed by atoms with Crippen LogP contribution in [0.5, 0.6) is 0 Å². The Morgan fingerprint density at radius 3 is 2.44 bits per heavy atom. The Kier molecular flexibility index (Phi) is 6.01. The third-order valence-electron chi connectivity index (χ3n) is 3.44. The highest BCUT2D eigenvalue weighted by molar-refractivity contribution is 7.80. The van der Waals surface area contributed by atoms with E-state index in [1.54, 1.807) is 0 Å². The Morgan fingerprint density at radius 1 is 1.22 bits per heavy atom. The minimum absolute atomic E-state index is 0.00466. The number of halogens is 4. The summed E-state index contributed by atoms with van der Waals surface area (Å²) in [4.78, 5) is 22.5. The van der Waals surface area contributed by atoms with Crippen molar-refractivity contribution in [2.75, 3.05) is 5.32 Å². The highest BCUT2D eigenvalue weighted by atomic mass is 35.5. The van der Waals surface area contributed by atoms with Crippen LogP contribution in [0.4, 0.5) is 24.5 Å². The molecule has 2 N–H and O–H groups in total. The predicted molar refractivity (Wildman–Crippen MR) is 98.0 cm³/mol. The molecule has 0 aliphatic rings. The molecule has 0 heterocycles. The first-order chi connectivity index (χ1) is 12.5. The average molecular weight is 418 g/mol. The first kappa shape index (κ1) is 20.6. The monoisotopic (exact) mass is 417 g/mol. The van der Waals surface area contributed by atoms with Crippen LogP contribution in [0.3, 0.4) is 0 Å². The van der Waals surface area contributed by atoms with Crippen LogP contribution in [0.2, 0.25) is 5.02 Å². The summed E-state index contributed by atoms with van der Waals surface area (Å²) in [5, 5.41) is 15.2. The maximum absolute atomic E-state index is 12.6. The fraction of sp³-hybridized carbons (Fsp3) is 0.125. The van der Waals surface area contributed by atoms with Gasteiger partial charge in [0.1, 0.15) is 0 Å². The highest BCUT2D eigenvalue weighted by Crippen LogP contribution is 2.33. The summed E-state index contributed by atoms with van der Waals surface area (Å²) in [5.41, 5.74) is -0.721. The number of anilines is 1. The van der Waals surface area contributed by atoms with E-state index in [1.807, 2.05) is 0 Å². The third-order valence-corrected chi connectivity index (χ3v) is 3.96. The number of nitrogens with one attached hydrogen (secondary N) is 2. The molecule has 142 valence electrons. The number of carbonyl (C=O) groups excluding carboxylic acids is 1. The first-order valence-electron chi connectivity index (χ1n) is 7.23. The normalized spacial score (nSPS) is 11.0. The Balaban J connectivity index is 2.11. The molecule has 0 aromatic heterocycles. The number of alkyl halides is 3. The lowest BCUT2D eigenvalue weighted by Gasteiger charge is -2.13. The van der Waals surface area contributed by atoms with Gasteiger partial charge in [0.2, 0.25) is 0 Å². The molecule has 27 heavy (non-hydrogen) atoms. The smallest absolute Gasteiger partial charge is 0.331 e. The van der Waals surface area contributed by atoms with Gasteiger partial charge in [0, 0.05) is 17.2 Å². The minimum Gasteiger partial charge on any atom is -0.331 e. The van der Waals surface area contributed by atoms with E-state index in [-0.39, 0.29) is 27.1 Å². The van der Waals surface area contributed by atoms with Gasteiger partial charge in [-0.2, -0.15) is 13.2 Å². The van der Waals surface area contributed by atoms with Crippen LogP contribution in [-0.2, 0) is 6.18 Å². The Hall–Kier alpha value is -2.72. The second-order valence-electron chi connectivity index (χ2n) is 5.36. The summed E-state index contributed by atoms with van der Waals surface area (Å²) in [6.45, 7) is 1.53. The first-order valence-corrected chi connectivity index (χ1v) is 8.02. The molecule has 0 fully saturated rings. The Labute approximate surface area is 161 Å². The number of rotatable bonds is 3. The molecule has 2 aromatic rings. The van der Waals surface area contributed by atoms with Gasteiger partial charge >= 0.3 is 6.18 Å². The van der Waals surface area contributed by atoms with Gasteiger partial charge in [0.15, 0.2) is 5.11 Å². The zero-order valence-corrected chi connectivity index (χ0v) is 15.1. The molecular formula is C16H11ClF3N3O3S. The maximum Gasteiger partial charge on any atom is 0.416 e. The molecule has 0 aliphatic carbocycles. The summed E-state index contributed by atoms with van der Waals surface area (Å²) < 4.78 is 37.9. The Morgan fingerprint density at radius 2 is 1.89 bits per heavy atom. The van der Waals surface area contributed by atoms with E-state index in [1.165, 1.54) is 19.1 Å². The fourth-order valence-corrected chi connectivity index (χ4v) is 2.50. The number of nitro benzene ring substituents is 1. The van der Waals surface area contributed by atoms with E-state index in [0.29, 0.717) is 5.56 Å². The van der Waals surface area contributed by atoms with Gasteiger partial charge in [-0.1, -0.05) is 17.7 Å². The topological polar surface area (TPSA) is 84.3 Å². The van der Waals surface area contributed by atoms with E-state index in [9.17, 15) is 28.1 Å². The average Bonchev–Trinajstić information content (AvgIpc) is 2.55. The second kappa shape index (κ2) is 7.89. The maximum atomic E-state index is 12.6. The second-order valence-corrected chi connectivity index (χ2v) is 6.17. The molecule has 2 rings (SSSR count). The van der Waals surface area contributed by atoms with Crippen molar-refractivity contribution in [1.29, 1.82) is 0 Å². The number of hydrogen-bond acceptors (Lipinski definition) is 4. The molecule has 0 bridgehead atoms. The van der Waals surface area contributed by atoms with Crippen molar-refractivity contribution in [2.24, 2.45) is 0 Å². The summed E-state index contributed by atoms with van der Waals surface area (Å²) in [6, 6.07) is 6.49. The number of benzene rings is 2. The summed E-state index contributed by atoms with van der Waals surface area (Å²) in [6.07, 6.45) is -4.54. The zero-order valence-electron chi connectivity index (χ0n) is 13.6. The molecule has 1 amide bonds. The van der Waals surface area contributed by atoms with Gasteiger partial charge < -0.3 is 5.32 Å². The molecule has 0 saturated heterocycles. The molecule has 0 aliphatic heterocycles. The van der Waals surface area contributed by atoms with Crippen LogP contribution >= 0.6 is 23.8 Å². The summed E-state index contributed by atoms with van der Waals surface area (Å²) in [7, 11) is 0. The molecule has 6 nitrogen and oxygen atoms in total. The van der Waals surface area contributed by atoms with Gasteiger partial charge in [0.05, 0.1) is 21.2 Å². The van der Waals surface area contributed by atoms with Gasteiger partial charge in [-0.05, 0) is 43.4 Å². The lowest BCUT2D eigenvalue weighted by Crippen LogP contribution is -2.34. The van der Waals surface area contributed by atoms with Crippen molar-refractivity contribution in [3.05, 3.63) is 68.2 Å². The van der Waals surface area contributed by atoms with E-state index in [4.69, 9.17) is 23.8 Å². The molecule has 0 atom stereocenters. The van der Waals surface area contributed by atoms with Crippen molar-refractivity contribution in [1.82, 2.24) is 5.32 Å². The van der Waals surface area contributed by atoms with Crippen molar-refractivity contribution < 1.29 is 22.9 Å². The zero-order chi connectivity index (χ0) is 20.4. The van der Waals surface area contributed by atoms with Crippen LogP contribution in [0, 0.1) is 17.0 Å². The number of nitrogens with zero attached hydrogens (tertiary/aromatic N) is 1. The fourth-order valence-electron chi connectivity index (χ4n) is 2.07. The standard InChI is InChI=1S/C16H11ClF3N3O3S/c1-8-2-3-9(6-13(8)23(25)26)14(24)22-15(27)21-12-5-4-10(7-11(12)17)16(18,19)20/h2-7H,1H3,(H2,21,22,24,27). The molecular weight excluding hydrogens is 407 g/mol. The number of carbonyl (C=O) groups is 1. The number of aryl methyl sites for hydroxylation is 1. The van der Waals surface area contributed by atoms with E-state index < -0.39 is 22.6 Å². The lowest BCUT2D eigenvalue weighted by molar-refractivity contribution is -0.385. The molecule has 0 radical (unpaired) electrons. The minimum atomic E-state index is -4.54. The largest absolute Gasteiger partial charge is 0.416 e. The van der Waals surface area contributed by atoms with Crippen LogP contribution in [0.25, 0.3) is 0 Å². The third kappa shape index (κ3) is 5.14.